The van der Waals surface area contributed by atoms with Crippen molar-refractivity contribution in [3.63, 3.8) is 0 Å². The van der Waals surface area contributed by atoms with Gasteiger partial charge in [-0.25, -0.2) is 4.98 Å². The summed E-state index contributed by atoms with van der Waals surface area (Å²) in [6.45, 7) is 1.93. The van der Waals surface area contributed by atoms with E-state index in [9.17, 15) is 14.9 Å². The van der Waals surface area contributed by atoms with E-state index in [0.29, 0.717) is 16.2 Å². The lowest BCUT2D eigenvalue weighted by Crippen LogP contribution is -2.14. The minimum atomic E-state index is -0.456. The first-order valence-electron chi connectivity index (χ1n) is 7.15. The van der Waals surface area contributed by atoms with Gasteiger partial charge in [0.05, 0.1) is 21.7 Å². The van der Waals surface area contributed by atoms with Gasteiger partial charge in [-0.05, 0) is 24.6 Å². The molecule has 0 bridgehead atoms. The molecule has 1 heterocycles. The van der Waals surface area contributed by atoms with E-state index in [1.165, 1.54) is 23.9 Å². The van der Waals surface area contributed by atoms with Crippen molar-refractivity contribution in [2.75, 3.05) is 11.1 Å². The number of nitrogens with zero attached hydrogens (tertiary/aromatic N) is 2. The van der Waals surface area contributed by atoms with Crippen LogP contribution < -0.4 is 5.32 Å². The van der Waals surface area contributed by atoms with Crippen LogP contribution in [0, 0.1) is 17.0 Å². The van der Waals surface area contributed by atoms with Crippen LogP contribution in [0.5, 0.6) is 0 Å². The van der Waals surface area contributed by atoms with Crippen molar-refractivity contribution >= 4 is 40.1 Å². The van der Waals surface area contributed by atoms with Crippen molar-refractivity contribution in [2.24, 2.45) is 0 Å². The Labute approximate surface area is 141 Å². The second kappa shape index (κ2) is 6.71. The molecule has 0 saturated carbocycles. The van der Waals surface area contributed by atoms with E-state index in [-0.39, 0.29) is 17.3 Å². The lowest BCUT2D eigenvalue weighted by Gasteiger charge is -2.06. The number of anilines is 1. The highest BCUT2D eigenvalue weighted by Crippen LogP contribution is 2.23. The summed E-state index contributed by atoms with van der Waals surface area (Å²) in [5.41, 5.74) is 2.98. The van der Waals surface area contributed by atoms with E-state index in [0.717, 1.165) is 11.3 Å². The van der Waals surface area contributed by atoms with Gasteiger partial charge in [-0.2, -0.15) is 0 Å². The third-order valence-corrected chi connectivity index (χ3v) is 4.29. The number of aryl methyl sites for hydroxylation is 1. The second-order valence-corrected chi connectivity index (χ2v) is 6.12. The fraction of sp³-hybridized carbons (Fsp3) is 0.125. The molecule has 0 saturated heterocycles. The number of benzene rings is 2. The first-order valence-corrected chi connectivity index (χ1v) is 8.14. The van der Waals surface area contributed by atoms with Gasteiger partial charge in [-0.3, -0.25) is 14.9 Å². The van der Waals surface area contributed by atoms with Crippen LogP contribution in [0.1, 0.15) is 5.56 Å². The average Bonchev–Trinajstić information content (AvgIpc) is 2.97. The molecule has 0 aliphatic carbocycles. The summed E-state index contributed by atoms with van der Waals surface area (Å²) in [6, 6.07) is 12.0. The van der Waals surface area contributed by atoms with Gasteiger partial charge in [0.15, 0.2) is 5.16 Å². The van der Waals surface area contributed by atoms with Gasteiger partial charge < -0.3 is 10.3 Å². The molecule has 3 rings (SSSR count). The Morgan fingerprint density at radius 3 is 2.88 bits per heavy atom. The van der Waals surface area contributed by atoms with Gasteiger partial charge in [0.1, 0.15) is 0 Å². The summed E-state index contributed by atoms with van der Waals surface area (Å²) in [7, 11) is 0. The number of nitro groups is 1. The zero-order chi connectivity index (χ0) is 17.1. The molecule has 0 fully saturated rings. The maximum atomic E-state index is 12.0. The highest BCUT2D eigenvalue weighted by molar-refractivity contribution is 7.99. The predicted molar refractivity (Wildman–Crippen MR) is 93.3 cm³/mol. The monoisotopic (exact) mass is 342 g/mol. The third-order valence-electron chi connectivity index (χ3n) is 3.41. The number of amides is 1. The number of carbonyl (C=O) groups is 1. The Bertz CT molecular complexity index is 923. The number of aromatic nitrogens is 2. The van der Waals surface area contributed by atoms with Gasteiger partial charge in [-0.15, -0.1) is 0 Å². The van der Waals surface area contributed by atoms with E-state index in [2.05, 4.69) is 15.3 Å². The van der Waals surface area contributed by atoms with E-state index < -0.39 is 4.92 Å². The van der Waals surface area contributed by atoms with E-state index in [4.69, 9.17) is 0 Å². The number of imidazole rings is 1. The standard InChI is InChI=1S/C16H14N4O3S/c1-10-4-2-3-5-12(10)17-15(21)9-24-16-18-13-7-6-11(20(22)23)8-14(13)19-16/h2-8H,9H2,1H3,(H,17,21)(H,18,19). The lowest BCUT2D eigenvalue weighted by molar-refractivity contribution is -0.384. The van der Waals surface area contributed by atoms with Crippen molar-refractivity contribution in [1.29, 1.82) is 0 Å². The van der Waals surface area contributed by atoms with Gasteiger partial charge in [0.2, 0.25) is 5.91 Å². The van der Waals surface area contributed by atoms with Crippen LogP contribution in [0.15, 0.2) is 47.6 Å². The number of non-ortho nitro benzene ring substituents is 1. The topological polar surface area (TPSA) is 101 Å². The second-order valence-electron chi connectivity index (χ2n) is 5.15. The fourth-order valence-electron chi connectivity index (χ4n) is 2.19. The Morgan fingerprint density at radius 1 is 1.33 bits per heavy atom. The molecule has 24 heavy (non-hydrogen) atoms. The summed E-state index contributed by atoms with van der Waals surface area (Å²) in [5.74, 6) is 0.0525. The molecule has 7 nitrogen and oxygen atoms in total. The van der Waals surface area contributed by atoms with Crippen molar-refractivity contribution < 1.29 is 9.72 Å². The number of thioether (sulfide) groups is 1. The van der Waals surface area contributed by atoms with Crippen LogP contribution in [-0.2, 0) is 4.79 Å². The molecule has 2 N–H and O–H groups in total. The summed E-state index contributed by atoms with van der Waals surface area (Å²) >= 11 is 1.25. The van der Waals surface area contributed by atoms with Crippen LogP contribution in [0.2, 0.25) is 0 Å². The zero-order valence-corrected chi connectivity index (χ0v) is 13.6. The quantitative estimate of drug-likeness (QED) is 0.420. The first-order chi connectivity index (χ1) is 11.5. The highest BCUT2D eigenvalue weighted by Gasteiger charge is 2.11. The Balaban J connectivity index is 1.66. The summed E-state index contributed by atoms with van der Waals surface area (Å²) < 4.78 is 0. The van der Waals surface area contributed by atoms with Crippen molar-refractivity contribution in [2.45, 2.75) is 12.1 Å². The number of carbonyl (C=O) groups excluding carboxylic acids is 1. The third kappa shape index (κ3) is 3.54. The number of fused-ring (bicyclic) bond motifs is 1. The number of para-hydroxylation sites is 1. The molecular formula is C16H14N4O3S. The average molecular weight is 342 g/mol. The predicted octanol–water partition coefficient (Wildman–Crippen LogP) is 3.51. The van der Waals surface area contributed by atoms with Crippen molar-refractivity contribution in [3.05, 3.63) is 58.1 Å². The van der Waals surface area contributed by atoms with Gasteiger partial charge in [0, 0.05) is 17.8 Å². The first kappa shape index (κ1) is 16.0. The van der Waals surface area contributed by atoms with Crippen LogP contribution in [0.4, 0.5) is 11.4 Å². The minimum Gasteiger partial charge on any atom is -0.333 e. The van der Waals surface area contributed by atoms with E-state index in [1.807, 2.05) is 31.2 Å². The molecule has 0 atom stereocenters. The molecule has 1 aromatic heterocycles. The Morgan fingerprint density at radius 2 is 2.12 bits per heavy atom. The van der Waals surface area contributed by atoms with Gasteiger partial charge in [0.25, 0.3) is 5.69 Å². The number of H-pyrrole nitrogens is 1. The molecule has 2 aromatic carbocycles. The molecular weight excluding hydrogens is 328 g/mol. The summed E-state index contributed by atoms with van der Waals surface area (Å²) in [4.78, 5) is 29.7. The number of nitrogens with one attached hydrogen (secondary N) is 2. The molecule has 3 aromatic rings. The zero-order valence-electron chi connectivity index (χ0n) is 12.8. The minimum absolute atomic E-state index is 0.00000383. The Hall–Kier alpha value is -2.87. The molecule has 0 radical (unpaired) electrons. The Kier molecular flexibility index (Phi) is 4.48. The maximum Gasteiger partial charge on any atom is 0.271 e. The molecule has 1 amide bonds. The lowest BCUT2D eigenvalue weighted by atomic mass is 10.2. The molecule has 0 spiro atoms. The molecule has 0 aliphatic heterocycles. The van der Waals surface area contributed by atoms with Crippen LogP contribution in [-0.4, -0.2) is 26.6 Å². The number of hydrogen-bond donors (Lipinski definition) is 2. The van der Waals surface area contributed by atoms with Gasteiger partial charge in [-0.1, -0.05) is 30.0 Å². The van der Waals surface area contributed by atoms with Crippen LogP contribution >= 0.6 is 11.8 Å². The van der Waals surface area contributed by atoms with Crippen LogP contribution in [0.25, 0.3) is 11.0 Å². The number of aromatic amines is 1. The van der Waals surface area contributed by atoms with Crippen molar-refractivity contribution in [1.82, 2.24) is 9.97 Å². The van der Waals surface area contributed by atoms with Gasteiger partial charge >= 0.3 is 0 Å². The molecule has 0 unspecified atom stereocenters. The van der Waals surface area contributed by atoms with E-state index >= 15 is 0 Å². The molecule has 122 valence electrons. The maximum absolute atomic E-state index is 12.0. The number of rotatable bonds is 5. The molecule has 8 heteroatoms. The van der Waals surface area contributed by atoms with E-state index in [1.54, 1.807) is 6.07 Å². The summed E-state index contributed by atoms with van der Waals surface area (Å²) in [5, 5.41) is 14.2. The summed E-state index contributed by atoms with van der Waals surface area (Å²) in [6.07, 6.45) is 0. The smallest absolute Gasteiger partial charge is 0.271 e. The van der Waals surface area contributed by atoms with Crippen molar-refractivity contribution in [3.8, 4) is 0 Å². The largest absolute Gasteiger partial charge is 0.333 e. The van der Waals surface area contributed by atoms with Crippen LogP contribution in [0.3, 0.4) is 0 Å². The SMILES string of the molecule is Cc1ccccc1NC(=O)CSc1nc2ccc([N+](=O)[O-])cc2[nH]1. The molecule has 0 aliphatic rings. The number of nitro benzene ring substituents is 1. The fourth-order valence-corrected chi connectivity index (χ4v) is 2.87. The number of hydrogen-bond acceptors (Lipinski definition) is 5. The normalized spacial score (nSPS) is 10.7. The highest BCUT2D eigenvalue weighted by atomic mass is 32.2.